The molecule has 0 amide bonds. The summed E-state index contributed by atoms with van der Waals surface area (Å²) in [6, 6.07) is 6.29. The van der Waals surface area contributed by atoms with E-state index in [0.717, 1.165) is 47.7 Å². The Hall–Kier alpha value is -1.76. The molecule has 1 aromatic heterocycles. The van der Waals surface area contributed by atoms with E-state index >= 15 is 0 Å². The lowest BCUT2D eigenvalue weighted by Gasteiger charge is -2.27. The molecule has 0 unspecified atom stereocenters. The summed E-state index contributed by atoms with van der Waals surface area (Å²) in [5.74, 6) is 1.30. The van der Waals surface area contributed by atoms with Gasteiger partial charge in [0.2, 0.25) is 0 Å². The fourth-order valence-electron chi connectivity index (χ4n) is 2.84. The predicted octanol–water partition coefficient (Wildman–Crippen LogP) is 1.82. The molecule has 0 radical (unpaired) electrons. The van der Waals surface area contributed by atoms with E-state index in [4.69, 9.17) is 16.3 Å². The number of ether oxygens (including phenoxy) is 1. The summed E-state index contributed by atoms with van der Waals surface area (Å²) in [6.45, 7) is 1.68. The molecule has 1 aromatic carbocycles. The maximum Gasteiger partial charge on any atom is 0.124 e. The van der Waals surface area contributed by atoms with Crippen molar-refractivity contribution in [3.05, 3.63) is 35.8 Å². The van der Waals surface area contributed by atoms with E-state index in [1.165, 1.54) is 0 Å². The molecule has 4 rings (SSSR count). The zero-order valence-corrected chi connectivity index (χ0v) is 13.1. The molecule has 0 aliphatic carbocycles. The molecule has 0 bridgehead atoms. The summed E-state index contributed by atoms with van der Waals surface area (Å²) < 4.78 is 7.72. The van der Waals surface area contributed by atoms with Crippen molar-refractivity contribution in [2.75, 3.05) is 13.7 Å². The van der Waals surface area contributed by atoms with Gasteiger partial charge in [0.1, 0.15) is 5.82 Å². The molecule has 3 heterocycles. The quantitative estimate of drug-likeness (QED) is 0.842. The lowest BCUT2D eigenvalue weighted by Crippen LogP contribution is -2.33. The number of alkyl halides is 1. The van der Waals surface area contributed by atoms with Crippen molar-refractivity contribution >= 4 is 28.3 Å². The molecule has 2 aliphatic heterocycles. The fraction of sp³-hybridized carbons (Fsp3) is 0.400. The monoisotopic (exact) mass is 319 g/mol. The lowest BCUT2D eigenvalue weighted by atomic mass is 10.1. The van der Waals surface area contributed by atoms with Gasteiger partial charge in [-0.3, -0.25) is 5.01 Å². The van der Waals surface area contributed by atoms with E-state index < -0.39 is 0 Å². The minimum absolute atomic E-state index is 0.288. The van der Waals surface area contributed by atoms with Crippen molar-refractivity contribution in [2.24, 2.45) is 0 Å². The largest absolute Gasteiger partial charge is 0.376 e. The molecule has 1 atom stereocenters. The summed E-state index contributed by atoms with van der Waals surface area (Å²) in [7, 11) is 1.94. The van der Waals surface area contributed by atoms with Gasteiger partial charge in [-0.05, 0) is 18.6 Å². The smallest absolute Gasteiger partial charge is 0.124 e. The van der Waals surface area contributed by atoms with Crippen LogP contribution in [0.25, 0.3) is 16.7 Å². The van der Waals surface area contributed by atoms with Gasteiger partial charge < -0.3 is 14.7 Å². The number of nitrogens with one attached hydrogen (secondary N) is 2. The van der Waals surface area contributed by atoms with Crippen molar-refractivity contribution in [2.45, 2.75) is 24.9 Å². The van der Waals surface area contributed by atoms with E-state index in [1.54, 1.807) is 0 Å². The number of fused-ring (bicyclic) bond motifs is 1. The van der Waals surface area contributed by atoms with Crippen LogP contribution in [0.15, 0.2) is 24.4 Å². The number of aromatic nitrogens is 2. The zero-order valence-electron chi connectivity index (χ0n) is 12.3. The summed E-state index contributed by atoms with van der Waals surface area (Å²) in [6.07, 6.45) is 3.40. The van der Waals surface area contributed by atoms with Crippen LogP contribution in [-0.4, -0.2) is 34.3 Å². The second kappa shape index (κ2) is 5.46. The number of imidazole rings is 1. The first-order valence-electron chi connectivity index (χ1n) is 7.38. The minimum atomic E-state index is 0.288. The van der Waals surface area contributed by atoms with Crippen molar-refractivity contribution in [3.8, 4) is 0 Å². The highest BCUT2D eigenvalue weighted by Gasteiger charge is 2.22. The lowest BCUT2D eigenvalue weighted by molar-refractivity contribution is -0.0589. The van der Waals surface area contributed by atoms with E-state index in [2.05, 4.69) is 38.7 Å². The SMILES string of the molecule is CN1C=C(c2ccc3c(c2)nc(CCl)n3C[C@@H]2CCO2)NN1. The highest BCUT2D eigenvalue weighted by atomic mass is 35.5. The third-order valence-corrected chi connectivity index (χ3v) is 4.37. The van der Waals surface area contributed by atoms with Crippen LogP contribution in [0.2, 0.25) is 0 Å². The normalized spacial score (nSPS) is 20.9. The molecule has 2 aromatic rings. The van der Waals surface area contributed by atoms with Gasteiger partial charge in [0.25, 0.3) is 0 Å². The van der Waals surface area contributed by atoms with Crippen LogP contribution >= 0.6 is 11.6 Å². The first kappa shape index (κ1) is 13.9. The Kier molecular flexibility index (Phi) is 3.44. The Morgan fingerprint density at radius 3 is 2.95 bits per heavy atom. The van der Waals surface area contributed by atoms with Crippen LogP contribution in [0.4, 0.5) is 0 Å². The van der Waals surface area contributed by atoms with Crippen LogP contribution in [0.3, 0.4) is 0 Å². The Balaban J connectivity index is 1.72. The van der Waals surface area contributed by atoms with Crippen molar-refractivity contribution < 1.29 is 4.74 Å². The Morgan fingerprint density at radius 2 is 2.32 bits per heavy atom. The molecular formula is C15H18ClN5O. The average Bonchev–Trinajstić information content (AvgIpc) is 3.05. The number of hydrazine groups is 2. The van der Waals surface area contributed by atoms with E-state index in [-0.39, 0.29) is 6.10 Å². The molecule has 6 nitrogen and oxygen atoms in total. The predicted molar refractivity (Wildman–Crippen MR) is 85.7 cm³/mol. The van der Waals surface area contributed by atoms with Crippen molar-refractivity contribution in [1.82, 2.24) is 25.5 Å². The number of hydrogen-bond donors (Lipinski definition) is 2. The third-order valence-electron chi connectivity index (χ3n) is 4.13. The van der Waals surface area contributed by atoms with Gasteiger partial charge in [-0.2, -0.15) is 0 Å². The standard InChI is InChI=1S/C15H18ClN5O/c1-20-9-13(18-19-20)10-2-3-14-12(6-10)17-15(7-16)21(14)8-11-4-5-22-11/h2-3,6,9,11,18-19H,4-5,7-8H2,1H3/t11-/m0/s1. The molecular weight excluding hydrogens is 302 g/mol. The fourth-order valence-corrected chi connectivity index (χ4v) is 3.04. The molecule has 1 fully saturated rings. The van der Waals surface area contributed by atoms with E-state index in [9.17, 15) is 0 Å². The average molecular weight is 320 g/mol. The Labute approximate surface area is 133 Å². The molecule has 2 aliphatic rings. The first-order valence-corrected chi connectivity index (χ1v) is 7.91. The Morgan fingerprint density at radius 1 is 1.45 bits per heavy atom. The highest BCUT2D eigenvalue weighted by molar-refractivity contribution is 6.16. The molecule has 2 N–H and O–H groups in total. The van der Waals surface area contributed by atoms with Gasteiger partial charge in [-0.15, -0.1) is 17.1 Å². The van der Waals surface area contributed by atoms with Gasteiger partial charge >= 0.3 is 0 Å². The highest BCUT2D eigenvalue weighted by Crippen LogP contribution is 2.25. The number of rotatable bonds is 4. The van der Waals surface area contributed by atoms with Crippen molar-refractivity contribution in [1.29, 1.82) is 0 Å². The Bertz CT molecular complexity index is 737. The summed E-state index contributed by atoms with van der Waals surface area (Å²) >= 11 is 6.07. The van der Waals surface area contributed by atoms with Crippen LogP contribution in [0, 0.1) is 0 Å². The van der Waals surface area contributed by atoms with E-state index in [1.807, 2.05) is 18.3 Å². The maximum atomic E-state index is 6.07. The third kappa shape index (κ3) is 2.33. The number of halogens is 1. The molecule has 1 saturated heterocycles. The number of nitrogens with zero attached hydrogens (tertiary/aromatic N) is 3. The van der Waals surface area contributed by atoms with Gasteiger partial charge in [0.15, 0.2) is 0 Å². The summed E-state index contributed by atoms with van der Waals surface area (Å²) in [5.41, 5.74) is 10.3. The summed E-state index contributed by atoms with van der Waals surface area (Å²) in [5, 5.41) is 1.87. The topological polar surface area (TPSA) is 54.4 Å². The van der Waals surface area contributed by atoms with Gasteiger partial charge in [-0.1, -0.05) is 6.07 Å². The molecule has 0 spiro atoms. The zero-order chi connectivity index (χ0) is 15.1. The van der Waals surface area contributed by atoms with Crippen LogP contribution in [-0.2, 0) is 17.2 Å². The van der Waals surface area contributed by atoms with Crippen LogP contribution in [0.1, 0.15) is 17.8 Å². The van der Waals surface area contributed by atoms with Gasteiger partial charge in [0, 0.05) is 25.4 Å². The first-order chi connectivity index (χ1) is 10.7. The number of benzene rings is 1. The van der Waals surface area contributed by atoms with Crippen LogP contribution in [0.5, 0.6) is 0 Å². The van der Waals surface area contributed by atoms with E-state index in [0.29, 0.717) is 5.88 Å². The second-order valence-corrected chi connectivity index (χ2v) is 5.91. The second-order valence-electron chi connectivity index (χ2n) is 5.65. The van der Waals surface area contributed by atoms with Crippen LogP contribution < -0.4 is 11.0 Å². The molecule has 22 heavy (non-hydrogen) atoms. The maximum absolute atomic E-state index is 6.07. The van der Waals surface area contributed by atoms with Gasteiger partial charge in [0.05, 0.1) is 35.3 Å². The van der Waals surface area contributed by atoms with Gasteiger partial charge in [-0.25, -0.2) is 4.98 Å². The molecule has 7 heteroatoms. The number of hydrogen-bond acceptors (Lipinski definition) is 5. The molecule has 116 valence electrons. The van der Waals surface area contributed by atoms with Crippen molar-refractivity contribution in [3.63, 3.8) is 0 Å². The molecule has 0 saturated carbocycles. The minimum Gasteiger partial charge on any atom is -0.376 e. The summed E-state index contributed by atoms with van der Waals surface area (Å²) in [4.78, 5) is 4.68.